The van der Waals surface area contributed by atoms with Crippen LogP contribution in [0.15, 0.2) is 63.8 Å². The fourth-order valence-corrected chi connectivity index (χ4v) is 5.04. The second-order valence-electron chi connectivity index (χ2n) is 5.43. The molecule has 2 aromatic carbocycles. The van der Waals surface area contributed by atoms with E-state index in [0.717, 1.165) is 10.0 Å². The van der Waals surface area contributed by atoms with E-state index in [-0.39, 0.29) is 4.90 Å². The van der Waals surface area contributed by atoms with Crippen molar-refractivity contribution in [2.75, 3.05) is 17.6 Å². The van der Waals surface area contributed by atoms with Crippen molar-refractivity contribution in [3.63, 3.8) is 0 Å². The Morgan fingerprint density at radius 1 is 1.08 bits per heavy atom. The largest absolute Gasteiger partial charge is 0.330 e. The van der Waals surface area contributed by atoms with E-state index in [1.165, 1.54) is 28.7 Å². The van der Waals surface area contributed by atoms with E-state index in [0.29, 0.717) is 17.4 Å². The molecule has 136 valence electrons. The highest BCUT2D eigenvalue weighted by Crippen LogP contribution is 2.27. The smallest absolute Gasteiger partial charge is 0.240 e. The summed E-state index contributed by atoms with van der Waals surface area (Å²) in [6.45, 7) is 2.35. The lowest BCUT2D eigenvalue weighted by molar-refractivity contribution is 0.584. The monoisotopic (exact) mass is 406 g/mol. The van der Waals surface area contributed by atoms with E-state index in [9.17, 15) is 8.42 Å². The molecule has 0 aliphatic carbocycles. The number of sulfonamides is 1. The molecule has 0 unspecified atom stereocenters. The van der Waals surface area contributed by atoms with E-state index in [4.69, 9.17) is 0 Å². The van der Waals surface area contributed by atoms with Crippen molar-refractivity contribution in [1.29, 1.82) is 0 Å². The summed E-state index contributed by atoms with van der Waals surface area (Å²) in [5.74, 6) is 0.575. The topological polar surface area (TPSA) is 84.0 Å². The van der Waals surface area contributed by atoms with Crippen molar-refractivity contribution in [2.45, 2.75) is 16.2 Å². The Morgan fingerprint density at radius 2 is 1.88 bits per heavy atom. The van der Waals surface area contributed by atoms with E-state index in [1.54, 1.807) is 30.3 Å². The third kappa shape index (κ3) is 5.28. The maximum atomic E-state index is 12.1. The minimum Gasteiger partial charge on any atom is -0.330 e. The lowest BCUT2D eigenvalue weighted by Crippen LogP contribution is -2.25. The predicted molar refractivity (Wildman–Crippen MR) is 107 cm³/mol. The van der Waals surface area contributed by atoms with Gasteiger partial charge >= 0.3 is 0 Å². The van der Waals surface area contributed by atoms with Gasteiger partial charge in [0, 0.05) is 18.0 Å². The van der Waals surface area contributed by atoms with Gasteiger partial charge in [-0.1, -0.05) is 53.4 Å². The highest BCUT2D eigenvalue weighted by atomic mass is 32.2. The maximum absolute atomic E-state index is 12.1. The summed E-state index contributed by atoms with van der Waals surface area (Å²) in [5.41, 5.74) is 2.13. The molecule has 0 aliphatic rings. The highest BCUT2D eigenvalue weighted by molar-refractivity contribution is 8.01. The van der Waals surface area contributed by atoms with Gasteiger partial charge in [0.15, 0.2) is 4.34 Å². The summed E-state index contributed by atoms with van der Waals surface area (Å²) in [6, 6.07) is 16.3. The van der Waals surface area contributed by atoms with Gasteiger partial charge in [-0.3, -0.25) is 0 Å². The second kappa shape index (κ2) is 8.63. The molecule has 0 fully saturated rings. The van der Waals surface area contributed by atoms with Gasteiger partial charge in [-0.15, -0.1) is 10.2 Å². The van der Waals surface area contributed by atoms with Crippen LogP contribution in [0.4, 0.5) is 10.8 Å². The molecule has 3 aromatic rings. The number of hydrogen-bond acceptors (Lipinski definition) is 7. The van der Waals surface area contributed by atoms with Crippen LogP contribution in [0, 0.1) is 6.92 Å². The molecular weight excluding hydrogens is 388 g/mol. The highest BCUT2D eigenvalue weighted by Gasteiger charge is 2.12. The third-order valence-electron chi connectivity index (χ3n) is 3.35. The van der Waals surface area contributed by atoms with E-state index in [1.807, 2.05) is 31.2 Å². The molecule has 1 heterocycles. The summed E-state index contributed by atoms with van der Waals surface area (Å²) in [4.78, 5) is 0.269. The Kier molecular flexibility index (Phi) is 6.25. The number of hydrogen-bond donors (Lipinski definition) is 2. The number of anilines is 2. The SMILES string of the molecule is Cc1cccc(Nc2nnc(SCCNS(=O)(=O)c3ccccc3)s2)c1. The van der Waals surface area contributed by atoms with Crippen molar-refractivity contribution >= 4 is 43.9 Å². The van der Waals surface area contributed by atoms with Gasteiger partial charge in [0.1, 0.15) is 0 Å². The van der Waals surface area contributed by atoms with Crippen LogP contribution in [0.25, 0.3) is 0 Å². The second-order valence-corrected chi connectivity index (χ2v) is 9.51. The standard InChI is InChI=1S/C17H18N4O2S3/c1-13-6-5-7-14(12-13)19-16-20-21-17(25-16)24-11-10-18-26(22,23)15-8-3-2-4-9-15/h2-9,12,18H,10-11H2,1H3,(H,19,20). The van der Waals surface area contributed by atoms with Crippen molar-refractivity contribution in [3.8, 4) is 0 Å². The number of rotatable bonds is 8. The molecular formula is C17H18N4O2S3. The molecule has 1 aromatic heterocycles. The maximum Gasteiger partial charge on any atom is 0.240 e. The van der Waals surface area contributed by atoms with Gasteiger partial charge in [-0.05, 0) is 36.8 Å². The Bertz CT molecular complexity index is 959. The summed E-state index contributed by atoms with van der Waals surface area (Å²) in [6.07, 6.45) is 0. The number of benzene rings is 2. The molecule has 26 heavy (non-hydrogen) atoms. The summed E-state index contributed by atoms with van der Waals surface area (Å²) >= 11 is 2.91. The normalized spacial score (nSPS) is 11.4. The number of aryl methyl sites for hydroxylation is 1. The number of nitrogens with one attached hydrogen (secondary N) is 2. The van der Waals surface area contributed by atoms with Crippen LogP contribution in [-0.2, 0) is 10.0 Å². The molecule has 9 heteroatoms. The first kappa shape index (κ1) is 18.8. The summed E-state index contributed by atoms with van der Waals surface area (Å²) in [5, 5.41) is 12.2. The first-order chi connectivity index (χ1) is 12.5. The van der Waals surface area contributed by atoms with Gasteiger partial charge in [-0.25, -0.2) is 13.1 Å². The molecule has 0 atom stereocenters. The number of nitrogens with zero attached hydrogens (tertiary/aromatic N) is 2. The molecule has 0 spiro atoms. The lowest BCUT2D eigenvalue weighted by atomic mass is 10.2. The van der Waals surface area contributed by atoms with Gasteiger partial charge in [0.25, 0.3) is 0 Å². The summed E-state index contributed by atoms with van der Waals surface area (Å²) in [7, 11) is -3.46. The van der Waals surface area contributed by atoms with Crippen molar-refractivity contribution < 1.29 is 8.42 Å². The molecule has 0 saturated heterocycles. The minimum absolute atomic E-state index is 0.269. The van der Waals surface area contributed by atoms with Crippen LogP contribution in [0.1, 0.15) is 5.56 Å². The van der Waals surface area contributed by atoms with Gasteiger partial charge in [-0.2, -0.15) is 0 Å². The van der Waals surface area contributed by atoms with Gasteiger partial charge < -0.3 is 5.32 Å². The average Bonchev–Trinajstić information content (AvgIpc) is 3.07. The predicted octanol–water partition coefficient (Wildman–Crippen LogP) is 3.66. The molecule has 6 nitrogen and oxygen atoms in total. The van der Waals surface area contributed by atoms with E-state index >= 15 is 0 Å². The van der Waals surface area contributed by atoms with Crippen molar-refractivity contribution in [1.82, 2.24) is 14.9 Å². The van der Waals surface area contributed by atoms with Crippen molar-refractivity contribution in [3.05, 3.63) is 60.2 Å². The minimum atomic E-state index is -3.46. The van der Waals surface area contributed by atoms with Crippen LogP contribution in [0.2, 0.25) is 0 Å². The van der Waals surface area contributed by atoms with Crippen LogP contribution in [0.5, 0.6) is 0 Å². The zero-order valence-electron chi connectivity index (χ0n) is 14.0. The van der Waals surface area contributed by atoms with Gasteiger partial charge in [0.2, 0.25) is 15.2 Å². The molecule has 0 amide bonds. The van der Waals surface area contributed by atoms with Crippen LogP contribution in [0.3, 0.4) is 0 Å². The van der Waals surface area contributed by atoms with E-state index < -0.39 is 10.0 Å². The summed E-state index contributed by atoms with van der Waals surface area (Å²) < 4.78 is 27.6. The Hall–Kier alpha value is -1.94. The van der Waals surface area contributed by atoms with Crippen molar-refractivity contribution in [2.24, 2.45) is 0 Å². The van der Waals surface area contributed by atoms with Crippen LogP contribution >= 0.6 is 23.1 Å². The zero-order valence-corrected chi connectivity index (χ0v) is 16.5. The molecule has 2 N–H and O–H groups in total. The molecule has 0 bridgehead atoms. The Balaban J connectivity index is 1.48. The Morgan fingerprint density at radius 3 is 2.65 bits per heavy atom. The first-order valence-electron chi connectivity index (χ1n) is 7.88. The number of aromatic nitrogens is 2. The Labute approximate surface area is 161 Å². The van der Waals surface area contributed by atoms with Gasteiger partial charge in [0.05, 0.1) is 4.90 Å². The first-order valence-corrected chi connectivity index (χ1v) is 11.2. The molecule has 0 radical (unpaired) electrons. The van der Waals surface area contributed by atoms with Crippen LogP contribution < -0.4 is 10.0 Å². The quantitative estimate of drug-likeness (QED) is 0.439. The molecule has 0 aliphatic heterocycles. The fourth-order valence-electron chi connectivity index (χ4n) is 2.16. The average molecular weight is 407 g/mol. The molecule has 3 rings (SSSR count). The molecule has 0 saturated carbocycles. The number of thioether (sulfide) groups is 1. The lowest BCUT2D eigenvalue weighted by Gasteiger charge is -2.05. The third-order valence-corrected chi connectivity index (χ3v) is 6.80. The fraction of sp³-hybridized carbons (Fsp3) is 0.176. The van der Waals surface area contributed by atoms with E-state index in [2.05, 4.69) is 20.2 Å². The van der Waals surface area contributed by atoms with Crippen LogP contribution in [-0.4, -0.2) is 30.9 Å². The zero-order chi connectivity index (χ0) is 18.4.